The summed E-state index contributed by atoms with van der Waals surface area (Å²) in [6.45, 7) is 5.11. The first-order chi connectivity index (χ1) is 10.6. The predicted molar refractivity (Wildman–Crippen MR) is 88.4 cm³/mol. The number of nitrogens with zero attached hydrogens (tertiary/aromatic N) is 2. The minimum absolute atomic E-state index is 0.210. The standard InChI is InChI=1S/C16H25N3O2S/c20-22(21,13-7-15-4-2-1-3-5-15)19-11-9-18(10-12-19)16-6-8-17-14-16/h1-5,16-17H,6-14H2. The number of hydrogen-bond donors (Lipinski definition) is 1. The molecule has 2 saturated heterocycles. The Labute approximate surface area is 133 Å². The van der Waals surface area contributed by atoms with Gasteiger partial charge in [0.1, 0.15) is 0 Å². The minimum atomic E-state index is -3.14. The molecule has 22 heavy (non-hydrogen) atoms. The third kappa shape index (κ3) is 3.87. The Morgan fingerprint density at radius 3 is 2.45 bits per heavy atom. The number of hydrogen-bond acceptors (Lipinski definition) is 4. The summed E-state index contributed by atoms with van der Waals surface area (Å²) < 4.78 is 26.6. The first kappa shape index (κ1) is 15.9. The van der Waals surface area contributed by atoms with Crippen LogP contribution in [0.4, 0.5) is 0 Å². The van der Waals surface area contributed by atoms with Crippen molar-refractivity contribution in [3.05, 3.63) is 35.9 Å². The Hall–Kier alpha value is -0.950. The average molecular weight is 323 g/mol. The lowest BCUT2D eigenvalue weighted by Gasteiger charge is -2.37. The van der Waals surface area contributed by atoms with Gasteiger partial charge in [0.2, 0.25) is 10.0 Å². The zero-order chi connectivity index (χ0) is 15.4. The van der Waals surface area contributed by atoms with Gasteiger partial charge in [0.15, 0.2) is 0 Å². The summed E-state index contributed by atoms with van der Waals surface area (Å²) in [5, 5.41) is 3.38. The zero-order valence-electron chi connectivity index (χ0n) is 12.9. The largest absolute Gasteiger partial charge is 0.315 e. The van der Waals surface area contributed by atoms with Crippen molar-refractivity contribution in [1.82, 2.24) is 14.5 Å². The highest BCUT2D eigenvalue weighted by molar-refractivity contribution is 7.89. The molecule has 0 spiro atoms. The first-order valence-electron chi connectivity index (χ1n) is 8.12. The number of piperazine rings is 1. The van der Waals surface area contributed by atoms with E-state index in [2.05, 4.69) is 10.2 Å². The van der Waals surface area contributed by atoms with Crippen LogP contribution in [0.3, 0.4) is 0 Å². The van der Waals surface area contributed by atoms with Gasteiger partial charge in [-0.3, -0.25) is 4.90 Å². The molecule has 1 N–H and O–H groups in total. The first-order valence-corrected chi connectivity index (χ1v) is 9.72. The second-order valence-corrected chi connectivity index (χ2v) is 8.22. The van der Waals surface area contributed by atoms with Crippen LogP contribution in [0.2, 0.25) is 0 Å². The second kappa shape index (κ2) is 7.08. The Balaban J connectivity index is 1.51. The van der Waals surface area contributed by atoms with Crippen molar-refractivity contribution in [2.45, 2.75) is 18.9 Å². The molecule has 2 aliphatic heterocycles. The molecule has 5 nitrogen and oxygen atoms in total. The SMILES string of the molecule is O=S(=O)(CCc1ccccc1)N1CCN(C2CCNC2)CC1. The summed E-state index contributed by atoms with van der Waals surface area (Å²) in [4.78, 5) is 2.43. The van der Waals surface area contributed by atoms with Gasteiger partial charge in [-0.2, -0.15) is 4.31 Å². The summed E-state index contributed by atoms with van der Waals surface area (Å²) in [7, 11) is -3.14. The highest BCUT2D eigenvalue weighted by atomic mass is 32.2. The Morgan fingerprint density at radius 1 is 1.09 bits per heavy atom. The molecule has 0 bridgehead atoms. The Bertz CT molecular complexity index is 562. The molecule has 0 saturated carbocycles. The molecule has 6 heteroatoms. The van der Waals surface area contributed by atoms with Gasteiger partial charge in [-0.15, -0.1) is 0 Å². The van der Waals surface area contributed by atoms with Crippen molar-refractivity contribution in [3.8, 4) is 0 Å². The lowest BCUT2D eigenvalue weighted by Crippen LogP contribution is -2.52. The van der Waals surface area contributed by atoms with E-state index in [0.717, 1.165) is 31.7 Å². The van der Waals surface area contributed by atoms with E-state index in [1.54, 1.807) is 4.31 Å². The zero-order valence-corrected chi connectivity index (χ0v) is 13.8. The minimum Gasteiger partial charge on any atom is -0.315 e. The molecule has 2 fully saturated rings. The van der Waals surface area contributed by atoms with Crippen molar-refractivity contribution in [3.63, 3.8) is 0 Å². The fourth-order valence-corrected chi connectivity index (χ4v) is 4.79. The molecular formula is C16H25N3O2S. The summed E-state index contributed by atoms with van der Waals surface area (Å²) in [6, 6.07) is 10.4. The van der Waals surface area contributed by atoms with E-state index in [1.165, 1.54) is 6.42 Å². The Morgan fingerprint density at radius 2 is 1.82 bits per heavy atom. The third-order valence-corrected chi connectivity index (χ3v) is 6.58. The van der Waals surface area contributed by atoms with Gasteiger partial charge in [-0.05, 0) is 24.9 Å². The van der Waals surface area contributed by atoms with Gasteiger partial charge in [-0.1, -0.05) is 30.3 Å². The summed E-state index contributed by atoms with van der Waals surface area (Å²) in [6.07, 6.45) is 1.77. The molecule has 1 atom stereocenters. The van der Waals surface area contributed by atoms with Gasteiger partial charge >= 0.3 is 0 Å². The summed E-state index contributed by atoms with van der Waals surface area (Å²) in [5.41, 5.74) is 1.08. The van der Waals surface area contributed by atoms with E-state index in [4.69, 9.17) is 0 Å². The molecule has 1 unspecified atom stereocenters. The van der Waals surface area contributed by atoms with Crippen LogP contribution in [-0.4, -0.2) is 68.7 Å². The van der Waals surface area contributed by atoms with E-state index in [0.29, 0.717) is 25.6 Å². The molecule has 3 rings (SSSR count). The molecule has 0 aromatic heterocycles. The van der Waals surface area contributed by atoms with Crippen LogP contribution in [0.25, 0.3) is 0 Å². The van der Waals surface area contributed by atoms with Crippen LogP contribution in [-0.2, 0) is 16.4 Å². The quantitative estimate of drug-likeness (QED) is 0.859. The number of rotatable bonds is 5. The maximum Gasteiger partial charge on any atom is 0.214 e. The van der Waals surface area contributed by atoms with E-state index < -0.39 is 10.0 Å². The molecule has 2 heterocycles. The van der Waals surface area contributed by atoms with Gasteiger partial charge in [0.05, 0.1) is 5.75 Å². The maximum absolute atomic E-state index is 12.5. The van der Waals surface area contributed by atoms with Crippen LogP contribution in [0.15, 0.2) is 30.3 Å². The molecule has 0 radical (unpaired) electrons. The lowest BCUT2D eigenvalue weighted by molar-refractivity contribution is 0.145. The maximum atomic E-state index is 12.5. The van der Waals surface area contributed by atoms with Crippen LogP contribution in [0.1, 0.15) is 12.0 Å². The van der Waals surface area contributed by atoms with Crippen molar-refractivity contribution in [1.29, 1.82) is 0 Å². The molecule has 0 aliphatic carbocycles. The van der Waals surface area contributed by atoms with E-state index in [-0.39, 0.29) is 5.75 Å². The topological polar surface area (TPSA) is 52.7 Å². The smallest absolute Gasteiger partial charge is 0.214 e. The number of sulfonamides is 1. The Kier molecular flexibility index (Phi) is 5.13. The fourth-order valence-electron chi connectivity index (χ4n) is 3.32. The van der Waals surface area contributed by atoms with E-state index in [9.17, 15) is 8.42 Å². The van der Waals surface area contributed by atoms with Gasteiger partial charge < -0.3 is 5.32 Å². The highest BCUT2D eigenvalue weighted by Crippen LogP contribution is 2.15. The number of nitrogens with one attached hydrogen (secondary N) is 1. The fraction of sp³-hybridized carbons (Fsp3) is 0.625. The van der Waals surface area contributed by atoms with Crippen LogP contribution >= 0.6 is 0 Å². The van der Waals surface area contributed by atoms with Crippen LogP contribution in [0.5, 0.6) is 0 Å². The van der Waals surface area contributed by atoms with Crippen molar-refractivity contribution in [2.75, 3.05) is 45.0 Å². The van der Waals surface area contributed by atoms with Crippen molar-refractivity contribution in [2.24, 2.45) is 0 Å². The molecule has 122 valence electrons. The predicted octanol–water partition coefficient (Wildman–Crippen LogP) is 0.538. The monoisotopic (exact) mass is 323 g/mol. The molecule has 1 aromatic rings. The number of aryl methyl sites for hydroxylation is 1. The summed E-state index contributed by atoms with van der Waals surface area (Å²) in [5.74, 6) is 0.210. The molecule has 1 aromatic carbocycles. The van der Waals surface area contributed by atoms with Crippen LogP contribution < -0.4 is 5.32 Å². The van der Waals surface area contributed by atoms with E-state index >= 15 is 0 Å². The lowest BCUT2D eigenvalue weighted by atomic mass is 10.2. The third-order valence-electron chi connectivity index (χ3n) is 4.71. The van der Waals surface area contributed by atoms with E-state index in [1.807, 2.05) is 30.3 Å². The van der Waals surface area contributed by atoms with Gasteiger partial charge in [-0.25, -0.2) is 8.42 Å². The number of benzene rings is 1. The molecule has 2 aliphatic rings. The van der Waals surface area contributed by atoms with Crippen molar-refractivity contribution >= 4 is 10.0 Å². The highest BCUT2D eigenvalue weighted by Gasteiger charge is 2.30. The van der Waals surface area contributed by atoms with Crippen LogP contribution in [0, 0.1) is 0 Å². The molecule has 0 amide bonds. The van der Waals surface area contributed by atoms with Crippen molar-refractivity contribution < 1.29 is 8.42 Å². The average Bonchev–Trinajstić information content (AvgIpc) is 3.09. The summed E-state index contributed by atoms with van der Waals surface area (Å²) >= 11 is 0. The normalized spacial score (nSPS) is 24.6. The second-order valence-electron chi connectivity index (χ2n) is 6.13. The van der Waals surface area contributed by atoms with Gasteiger partial charge in [0, 0.05) is 38.8 Å². The van der Waals surface area contributed by atoms with Gasteiger partial charge in [0.25, 0.3) is 0 Å². The molecular weight excluding hydrogens is 298 g/mol.